The number of ether oxygens (including phenoxy) is 1. The summed E-state index contributed by atoms with van der Waals surface area (Å²) >= 11 is 0. The summed E-state index contributed by atoms with van der Waals surface area (Å²) in [6.45, 7) is 4.22. The number of hydrogen-bond donors (Lipinski definition) is 2. The molecule has 2 aromatic rings. The van der Waals surface area contributed by atoms with Crippen LogP contribution in [0.5, 0.6) is 5.75 Å². The number of H-pyrrole nitrogens is 1. The molecule has 0 spiro atoms. The van der Waals surface area contributed by atoms with Gasteiger partial charge in [-0.15, -0.1) is 0 Å². The Balaban J connectivity index is 1.66. The maximum atomic E-state index is 12.6. The topological polar surface area (TPSA) is 70.2 Å². The van der Waals surface area contributed by atoms with Crippen molar-refractivity contribution in [2.24, 2.45) is 0 Å². The van der Waals surface area contributed by atoms with Gasteiger partial charge in [-0.05, 0) is 30.2 Å². The molecule has 6 heteroatoms. The number of rotatable bonds is 4. The van der Waals surface area contributed by atoms with Crippen molar-refractivity contribution in [3.8, 4) is 5.75 Å². The third kappa shape index (κ3) is 3.53. The average Bonchev–Trinajstić information content (AvgIpc) is 3.11. The van der Waals surface area contributed by atoms with Crippen molar-refractivity contribution in [1.29, 1.82) is 0 Å². The van der Waals surface area contributed by atoms with E-state index < -0.39 is 0 Å². The van der Waals surface area contributed by atoms with E-state index in [4.69, 9.17) is 4.74 Å². The van der Waals surface area contributed by atoms with Gasteiger partial charge >= 0.3 is 0 Å². The van der Waals surface area contributed by atoms with Crippen molar-refractivity contribution in [2.75, 3.05) is 26.7 Å². The van der Waals surface area contributed by atoms with Gasteiger partial charge in [0.2, 0.25) is 5.91 Å². The molecule has 122 valence electrons. The Morgan fingerprint density at radius 1 is 1.48 bits per heavy atom. The third-order valence-corrected chi connectivity index (χ3v) is 4.34. The quantitative estimate of drug-likeness (QED) is 0.896. The highest BCUT2D eigenvalue weighted by Gasteiger charge is 2.25. The van der Waals surface area contributed by atoms with Crippen LogP contribution in [0.25, 0.3) is 0 Å². The zero-order chi connectivity index (χ0) is 16.2. The lowest BCUT2D eigenvalue weighted by atomic mass is 10.0. The fourth-order valence-electron chi connectivity index (χ4n) is 2.92. The van der Waals surface area contributed by atoms with E-state index in [9.17, 15) is 4.79 Å². The number of amides is 1. The van der Waals surface area contributed by atoms with Crippen molar-refractivity contribution in [3.05, 3.63) is 47.3 Å². The highest BCUT2D eigenvalue weighted by Crippen LogP contribution is 2.20. The summed E-state index contributed by atoms with van der Waals surface area (Å²) in [6.07, 6.45) is 4.10. The van der Waals surface area contributed by atoms with Crippen LogP contribution in [-0.2, 0) is 11.2 Å². The molecule has 3 rings (SSSR count). The molecule has 1 atom stereocenters. The summed E-state index contributed by atoms with van der Waals surface area (Å²) in [5.41, 5.74) is 3.22. The van der Waals surface area contributed by atoms with E-state index in [2.05, 4.69) is 15.5 Å². The Morgan fingerprint density at radius 2 is 2.35 bits per heavy atom. The highest BCUT2D eigenvalue weighted by molar-refractivity contribution is 5.79. The average molecular weight is 314 g/mol. The van der Waals surface area contributed by atoms with E-state index in [1.807, 2.05) is 36.2 Å². The van der Waals surface area contributed by atoms with Gasteiger partial charge in [-0.1, -0.05) is 6.07 Å². The second-order valence-electron chi connectivity index (χ2n) is 5.85. The number of benzene rings is 1. The van der Waals surface area contributed by atoms with Crippen molar-refractivity contribution in [1.82, 2.24) is 20.4 Å². The number of methoxy groups -OCH3 is 1. The summed E-state index contributed by atoms with van der Waals surface area (Å²) in [5.74, 6) is 0.981. The standard InChI is InChI=1S/C17H22N4O2/c1-12-7-15(23-2)4-3-13(12)8-17(22)21-6-5-18-16(11-21)14-9-19-20-10-14/h3-4,7,9-10,16,18H,5-6,8,11H2,1-2H3,(H,19,20). The molecule has 1 unspecified atom stereocenters. The molecule has 1 aromatic heterocycles. The minimum Gasteiger partial charge on any atom is -0.497 e. The zero-order valence-corrected chi connectivity index (χ0v) is 13.5. The summed E-state index contributed by atoms with van der Waals surface area (Å²) in [4.78, 5) is 14.6. The predicted octanol–water partition coefficient (Wildman–Crippen LogP) is 1.44. The molecule has 1 amide bonds. The molecular formula is C17H22N4O2. The molecular weight excluding hydrogens is 292 g/mol. The minimum atomic E-state index is 0.142. The molecule has 1 fully saturated rings. The largest absolute Gasteiger partial charge is 0.497 e. The molecule has 1 aromatic carbocycles. The van der Waals surface area contributed by atoms with E-state index in [1.54, 1.807) is 13.3 Å². The Bertz CT molecular complexity index is 669. The Morgan fingerprint density at radius 3 is 3.04 bits per heavy atom. The monoisotopic (exact) mass is 314 g/mol. The SMILES string of the molecule is COc1ccc(CC(=O)N2CCNC(c3cn[nH]c3)C2)c(C)c1. The third-order valence-electron chi connectivity index (χ3n) is 4.34. The number of aromatic amines is 1. The van der Waals surface area contributed by atoms with E-state index in [1.165, 1.54) is 0 Å². The number of aromatic nitrogens is 2. The predicted molar refractivity (Wildman–Crippen MR) is 87.3 cm³/mol. The first-order valence-corrected chi connectivity index (χ1v) is 7.80. The van der Waals surface area contributed by atoms with E-state index >= 15 is 0 Å². The van der Waals surface area contributed by atoms with Crippen LogP contribution in [-0.4, -0.2) is 47.7 Å². The first-order chi connectivity index (χ1) is 11.2. The van der Waals surface area contributed by atoms with Gasteiger partial charge in [-0.3, -0.25) is 9.89 Å². The van der Waals surface area contributed by atoms with Crippen LogP contribution in [0, 0.1) is 6.92 Å². The molecule has 2 N–H and O–H groups in total. The van der Waals surface area contributed by atoms with Gasteiger partial charge in [-0.25, -0.2) is 0 Å². The molecule has 0 bridgehead atoms. The molecule has 23 heavy (non-hydrogen) atoms. The van der Waals surface area contributed by atoms with Crippen LogP contribution in [0.1, 0.15) is 22.7 Å². The number of carbonyl (C=O) groups is 1. The molecule has 1 aliphatic heterocycles. The summed E-state index contributed by atoms with van der Waals surface area (Å²) < 4.78 is 5.21. The molecule has 0 aliphatic carbocycles. The van der Waals surface area contributed by atoms with Gasteiger partial charge in [0.1, 0.15) is 5.75 Å². The van der Waals surface area contributed by atoms with E-state index in [0.717, 1.165) is 35.5 Å². The van der Waals surface area contributed by atoms with Gasteiger partial charge < -0.3 is 15.0 Å². The summed E-state index contributed by atoms with van der Waals surface area (Å²) in [5, 5.41) is 10.2. The maximum absolute atomic E-state index is 12.6. The molecule has 1 aliphatic rings. The fraction of sp³-hybridized carbons (Fsp3) is 0.412. The Hall–Kier alpha value is -2.34. The lowest BCUT2D eigenvalue weighted by Gasteiger charge is -2.33. The van der Waals surface area contributed by atoms with Crippen LogP contribution in [0.15, 0.2) is 30.6 Å². The van der Waals surface area contributed by atoms with Crippen LogP contribution in [0.2, 0.25) is 0 Å². The first-order valence-electron chi connectivity index (χ1n) is 7.80. The first kappa shape index (κ1) is 15.6. The molecule has 0 radical (unpaired) electrons. The highest BCUT2D eigenvalue weighted by atomic mass is 16.5. The second-order valence-corrected chi connectivity index (χ2v) is 5.85. The number of nitrogens with one attached hydrogen (secondary N) is 2. The van der Waals surface area contributed by atoms with E-state index in [0.29, 0.717) is 13.0 Å². The Kier molecular flexibility index (Phi) is 4.62. The van der Waals surface area contributed by atoms with Crippen molar-refractivity contribution < 1.29 is 9.53 Å². The van der Waals surface area contributed by atoms with Crippen molar-refractivity contribution >= 4 is 5.91 Å². The molecule has 0 saturated carbocycles. The Labute approximate surface area is 135 Å². The second kappa shape index (κ2) is 6.83. The van der Waals surface area contributed by atoms with Crippen LogP contribution < -0.4 is 10.1 Å². The van der Waals surface area contributed by atoms with Crippen LogP contribution >= 0.6 is 0 Å². The smallest absolute Gasteiger partial charge is 0.227 e. The summed E-state index contributed by atoms with van der Waals surface area (Å²) in [6, 6.07) is 5.99. The van der Waals surface area contributed by atoms with Crippen molar-refractivity contribution in [3.63, 3.8) is 0 Å². The van der Waals surface area contributed by atoms with Gasteiger partial charge in [0, 0.05) is 31.4 Å². The number of hydrogen-bond acceptors (Lipinski definition) is 4. The maximum Gasteiger partial charge on any atom is 0.227 e. The van der Waals surface area contributed by atoms with Gasteiger partial charge in [-0.2, -0.15) is 5.10 Å². The minimum absolute atomic E-state index is 0.142. The summed E-state index contributed by atoms with van der Waals surface area (Å²) in [7, 11) is 1.65. The number of nitrogens with zero attached hydrogens (tertiary/aromatic N) is 2. The van der Waals surface area contributed by atoms with Gasteiger partial charge in [0.25, 0.3) is 0 Å². The normalized spacial score (nSPS) is 18.0. The number of aryl methyl sites for hydroxylation is 1. The lowest BCUT2D eigenvalue weighted by Crippen LogP contribution is -2.48. The lowest BCUT2D eigenvalue weighted by molar-refractivity contribution is -0.131. The number of carbonyl (C=O) groups excluding carboxylic acids is 1. The van der Waals surface area contributed by atoms with E-state index in [-0.39, 0.29) is 11.9 Å². The molecule has 1 saturated heterocycles. The number of piperazine rings is 1. The van der Waals surface area contributed by atoms with Gasteiger partial charge in [0.05, 0.1) is 25.8 Å². The fourth-order valence-corrected chi connectivity index (χ4v) is 2.92. The molecule has 2 heterocycles. The van der Waals surface area contributed by atoms with Gasteiger partial charge in [0.15, 0.2) is 0 Å². The molecule has 6 nitrogen and oxygen atoms in total. The zero-order valence-electron chi connectivity index (χ0n) is 13.5. The van der Waals surface area contributed by atoms with Crippen molar-refractivity contribution in [2.45, 2.75) is 19.4 Å². The van der Waals surface area contributed by atoms with Crippen LogP contribution in [0.3, 0.4) is 0 Å². The van der Waals surface area contributed by atoms with Crippen LogP contribution in [0.4, 0.5) is 0 Å².